The number of sulfone groups is 1. The van der Waals surface area contributed by atoms with Crippen LogP contribution in [0.4, 0.5) is 0 Å². The van der Waals surface area contributed by atoms with Crippen LogP contribution in [-0.2, 0) is 26.4 Å². The van der Waals surface area contributed by atoms with Crippen molar-refractivity contribution in [2.24, 2.45) is 10.9 Å². The topological polar surface area (TPSA) is 130 Å². The highest BCUT2D eigenvalue weighted by atomic mass is 32.3. The van der Waals surface area contributed by atoms with Crippen molar-refractivity contribution in [2.75, 3.05) is 18.4 Å². The second-order valence-corrected chi connectivity index (χ2v) is 9.18. The Hall–Kier alpha value is -1.65. The largest absolute Gasteiger partial charge is 0.409 e. The highest BCUT2D eigenvalue weighted by Gasteiger charge is 2.23. The summed E-state index contributed by atoms with van der Waals surface area (Å²) in [4.78, 5) is 0. The van der Waals surface area contributed by atoms with Crippen LogP contribution >= 0.6 is 0 Å². The van der Waals surface area contributed by atoms with Crippen LogP contribution in [0.5, 0.6) is 0 Å². The summed E-state index contributed by atoms with van der Waals surface area (Å²) in [6.45, 7) is -0.0234. The first-order chi connectivity index (χ1) is 9.55. The smallest absolute Gasteiger partial charge is 0.228 e. The molecule has 0 aromatic heterocycles. The number of rotatable bonds is 6. The molecule has 0 spiro atoms. The van der Waals surface area contributed by atoms with Crippen LogP contribution in [0, 0.1) is 0 Å². The SMILES string of the molecule is CN(Cc1cccc(/C(N)=N/O)c1)S(=O)(=O)CS(C)(=O)=O. The normalized spacial score (nSPS) is 13.6. The van der Waals surface area contributed by atoms with Gasteiger partial charge >= 0.3 is 0 Å². The van der Waals surface area contributed by atoms with Crippen LogP contribution in [0.15, 0.2) is 29.4 Å². The molecule has 1 aromatic carbocycles. The second kappa shape index (κ2) is 6.41. The lowest BCUT2D eigenvalue weighted by molar-refractivity contribution is 0.318. The molecule has 118 valence electrons. The number of oxime groups is 1. The number of nitrogens with zero attached hydrogens (tertiary/aromatic N) is 2. The molecule has 0 saturated heterocycles. The molecule has 8 nitrogen and oxygen atoms in total. The van der Waals surface area contributed by atoms with Crippen molar-refractivity contribution in [3.05, 3.63) is 35.4 Å². The minimum Gasteiger partial charge on any atom is -0.409 e. The lowest BCUT2D eigenvalue weighted by atomic mass is 10.1. The summed E-state index contributed by atoms with van der Waals surface area (Å²) in [6, 6.07) is 6.44. The molecular weight excluding hydrogens is 318 g/mol. The van der Waals surface area contributed by atoms with E-state index in [1.54, 1.807) is 24.3 Å². The van der Waals surface area contributed by atoms with Crippen LogP contribution in [0.25, 0.3) is 0 Å². The van der Waals surface area contributed by atoms with Crippen molar-refractivity contribution in [3.8, 4) is 0 Å². The molecule has 1 rings (SSSR count). The maximum Gasteiger partial charge on any atom is 0.228 e. The Morgan fingerprint density at radius 1 is 1.33 bits per heavy atom. The van der Waals surface area contributed by atoms with Gasteiger partial charge in [-0.3, -0.25) is 0 Å². The molecule has 1 aromatic rings. The van der Waals surface area contributed by atoms with Gasteiger partial charge in [-0.2, -0.15) is 4.31 Å². The maximum absolute atomic E-state index is 11.9. The molecule has 3 N–H and O–H groups in total. The van der Waals surface area contributed by atoms with E-state index in [9.17, 15) is 16.8 Å². The summed E-state index contributed by atoms with van der Waals surface area (Å²) in [5.74, 6) is -0.0986. The summed E-state index contributed by atoms with van der Waals surface area (Å²) >= 11 is 0. The van der Waals surface area contributed by atoms with E-state index in [2.05, 4.69) is 5.16 Å². The Kier molecular flexibility index (Phi) is 5.31. The van der Waals surface area contributed by atoms with Crippen LogP contribution in [-0.4, -0.2) is 50.6 Å². The van der Waals surface area contributed by atoms with Crippen LogP contribution < -0.4 is 5.73 Å². The first-order valence-corrected chi connectivity index (χ1v) is 9.41. The van der Waals surface area contributed by atoms with E-state index in [4.69, 9.17) is 10.9 Å². The van der Waals surface area contributed by atoms with Crippen LogP contribution in [0.3, 0.4) is 0 Å². The van der Waals surface area contributed by atoms with Crippen LogP contribution in [0.1, 0.15) is 11.1 Å². The molecule has 0 saturated carbocycles. The highest BCUT2D eigenvalue weighted by Crippen LogP contribution is 2.11. The summed E-state index contributed by atoms with van der Waals surface area (Å²) in [7, 11) is -6.28. The quantitative estimate of drug-likeness (QED) is 0.313. The third-order valence-electron chi connectivity index (χ3n) is 2.57. The zero-order valence-corrected chi connectivity index (χ0v) is 13.2. The third-order valence-corrected chi connectivity index (χ3v) is 6.56. The van der Waals surface area contributed by atoms with Gasteiger partial charge in [0.1, 0.15) is 0 Å². The molecule has 0 fully saturated rings. The zero-order valence-electron chi connectivity index (χ0n) is 11.6. The third kappa shape index (κ3) is 5.33. The predicted molar refractivity (Wildman–Crippen MR) is 79.1 cm³/mol. The lowest BCUT2D eigenvalue weighted by Crippen LogP contribution is -2.31. The fourth-order valence-electron chi connectivity index (χ4n) is 1.60. The zero-order chi connectivity index (χ0) is 16.3. The lowest BCUT2D eigenvalue weighted by Gasteiger charge is -2.17. The molecule has 0 bridgehead atoms. The first-order valence-electron chi connectivity index (χ1n) is 5.74. The average Bonchev–Trinajstić information content (AvgIpc) is 2.35. The summed E-state index contributed by atoms with van der Waals surface area (Å²) in [5.41, 5.74) is 6.47. The van der Waals surface area contributed by atoms with Gasteiger partial charge in [-0.25, -0.2) is 16.8 Å². The van der Waals surface area contributed by atoms with Gasteiger partial charge < -0.3 is 10.9 Å². The van der Waals surface area contributed by atoms with Crippen molar-refractivity contribution in [3.63, 3.8) is 0 Å². The van der Waals surface area contributed by atoms with Gasteiger partial charge in [0.2, 0.25) is 10.0 Å². The van der Waals surface area contributed by atoms with Gasteiger partial charge in [-0.05, 0) is 11.6 Å². The fraction of sp³-hybridized carbons (Fsp3) is 0.364. The van der Waals surface area contributed by atoms with Crippen molar-refractivity contribution in [2.45, 2.75) is 6.54 Å². The Labute approximate surface area is 123 Å². The Morgan fingerprint density at radius 2 is 1.95 bits per heavy atom. The van der Waals surface area contributed by atoms with E-state index in [0.29, 0.717) is 11.1 Å². The molecule has 0 unspecified atom stereocenters. The molecule has 10 heteroatoms. The van der Waals surface area contributed by atoms with Gasteiger partial charge in [-0.15, -0.1) is 0 Å². The van der Waals surface area contributed by atoms with E-state index in [1.165, 1.54) is 7.05 Å². The minimum atomic E-state index is -3.92. The number of hydrogen-bond donors (Lipinski definition) is 2. The van der Waals surface area contributed by atoms with Crippen molar-refractivity contribution in [1.29, 1.82) is 0 Å². The average molecular weight is 335 g/mol. The number of nitrogens with two attached hydrogens (primary N) is 1. The standard InChI is InChI=1S/C11H17N3O5S2/c1-14(21(18,19)8-20(2,16)17)7-9-4-3-5-10(6-9)11(12)13-15/h3-6,15H,7-8H2,1-2H3,(H2,12,13). The fourth-order valence-corrected chi connectivity index (χ4v) is 4.83. The van der Waals surface area contributed by atoms with E-state index in [-0.39, 0.29) is 12.4 Å². The van der Waals surface area contributed by atoms with Crippen LogP contribution in [0.2, 0.25) is 0 Å². The molecule has 0 atom stereocenters. The number of amidine groups is 1. The summed E-state index contributed by atoms with van der Waals surface area (Å²) in [6.07, 6.45) is 0.859. The molecular formula is C11H17N3O5S2. The molecule has 0 radical (unpaired) electrons. The molecule has 0 aliphatic rings. The van der Waals surface area contributed by atoms with E-state index in [0.717, 1.165) is 10.6 Å². The summed E-state index contributed by atoms with van der Waals surface area (Å²) < 4.78 is 47.0. The molecule has 0 amide bonds. The first kappa shape index (κ1) is 17.4. The second-order valence-electron chi connectivity index (χ2n) is 4.60. The minimum absolute atomic E-state index is 0.0234. The van der Waals surface area contributed by atoms with E-state index < -0.39 is 24.9 Å². The van der Waals surface area contributed by atoms with Crippen molar-refractivity contribution >= 4 is 25.7 Å². The molecule has 21 heavy (non-hydrogen) atoms. The maximum atomic E-state index is 11.9. The number of benzene rings is 1. The van der Waals surface area contributed by atoms with Gasteiger partial charge in [0.05, 0.1) is 0 Å². The highest BCUT2D eigenvalue weighted by molar-refractivity contribution is 8.06. The Morgan fingerprint density at radius 3 is 2.48 bits per heavy atom. The summed E-state index contributed by atoms with van der Waals surface area (Å²) in [5, 5.41) is 10.5. The molecule has 0 aliphatic heterocycles. The number of hydrogen-bond acceptors (Lipinski definition) is 6. The van der Waals surface area contributed by atoms with Gasteiger partial charge in [-0.1, -0.05) is 23.4 Å². The molecule has 0 heterocycles. The van der Waals surface area contributed by atoms with Crippen molar-refractivity contribution < 1.29 is 22.0 Å². The van der Waals surface area contributed by atoms with Gasteiger partial charge in [0, 0.05) is 25.4 Å². The Balaban J connectivity index is 2.96. The van der Waals surface area contributed by atoms with E-state index in [1.807, 2.05) is 0 Å². The van der Waals surface area contributed by atoms with Gasteiger partial charge in [0.15, 0.2) is 20.8 Å². The monoisotopic (exact) mass is 335 g/mol. The number of sulfonamides is 1. The Bertz CT molecular complexity index is 741. The predicted octanol–water partition coefficient (Wildman–Crippen LogP) is -0.455. The molecule has 0 aliphatic carbocycles. The van der Waals surface area contributed by atoms with Crippen molar-refractivity contribution in [1.82, 2.24) is 4.31 Å². The van der Waals surface area contributed by atoms with Gasteiger partial charge in [0.25, 0.3) is 0 Å². The van der Waals surface area contributed by atoms with E-state index >= 15 is 0 Å².